The van der Waals surface area contributed by atoms with Gasteiger partial charge in [0.25, 0.3) is 0 Å². The summed E-state index contributed by atoms with van der Waals surface area (Å²) in [6, 6.07) is 6.31. The highest BCUT2D eigenvalue weighted by Crippen LogP contribution is 2.33. The Bertz CT molecular complexity index is 961. The lowest BCUT2D eigenvalue weighted by atomic mass is 9.95. The molecule has 7 nitrogen and oxygen atoms in total. The smallest absolute Gasteiger partial charge is 0.310 e. The first-order chi connectivity index (χ1) is 11.9. The Balaban J connectivity index is 2.39. The van der Waals surface area contributed by atoms with Crippen molar-refractivity contribution >= 4 is 21.2 Å². The van der Waals surface area contributed by atoms with E-state index in [1.54, 1.807) is 0 Å². The first kappa shape index (κ1) is 19.7. The van der Waals surface area contributed by atoms with Crippen molar-refractivity contribution < 1.29 is 27.2 Å². The summed E-state index contributed by atoms with van der Waals surface area (Å²) in [5.41, 5.74) is -2.88. The highest BCUT2D eigenvalue weighted by Gasteiger charge is 2.30. The van der Waals surface area contributed by atoms with Gasteiger partial charge in [-0.15, -0.1) is 0 Å². The fraction of sp³-hybridized carbons (Fsp3) is 0.250. The zero-order valence-electron chi connectivity index (χ0n) is 13.9. The Hall–Kier alpha value is -2.59. The maximum atomic E-state index is 13.9. The van der Waals surface area contributed by atoms with Gasteiger partial charge >= 0.3 is 5.69 Å². The molecule has 0 aliphatic heterocycles. The van der Waals surface area contributed by atoms with Crippen LogP contribution in [0.25, 0.3) is 0 Å². The monoisotopic (exact) mass is 386 g/mol. The lowest BCUT2D eigenvalue weighted by Crippen LogP contribution is -2.32. The number of nitro benzene ring substituents is 1. The predicted molar refractivity (Wildman–Crippen MR) is 90.6 cm³/mol. The molecule has 0 saturated carbocycles. The fourth-order valence-electron chi connectivity index (χ4n) is 2.44. The van der Waals surface area contributed by atoms with Crippen molar-refractivity contribution in [2.24, 2.45) is 0 Å². The molecule has 0 bridgehead atoms. The zero-order chi connectivity index (χ0) is 19.7. The second-order valence-corrected chi connectivity index (χ2v) is 7.92. The molecule has 26 heavy (non-hydrogen) atoms. The van der Waals surface area contributed by atoms with Crippen LogP contribution in [0.3, 0.4) is 0 Å². The third kappa shape index (κ3) is 4.14. The van der Waals surface area contributed by atoms with E-state index in [2.05, 4.69) is 5.32 Å². The lowest BCUT2D eigenvalue weighted by molar-refractivity contribution is -0.386. The van der Waals surface area contributed by atoms with Gasteiger partial charge < -0.3 is 10.4 Å². The number of para-hydroxylation sites is 1. The molecule has 0 spiro atoms. The number of sulfone groups is 1. The number of aliphatic hydroxyl groups is 1. The van der Waals surface area contributed by atoms with Crippen LogP contribution in [0, 0.1) is 21.7 Å². The number of hydrogen-bond acceptors (Lipinski definition) is 6. The van der Waals surface area contributed by atoms with Gasteiger partial charge in [-0.3, -0.25) is 10.1 Å². The van der Waals surface area contributed by atoms with E-state index in [0.717, 1.165) is 24.5 Å². The standard InChI is InChI=1S/C16H16F2N2O5S/c1-16(21,11-7-6-10(17)8-12(11)18)9-19-13-4-3-5-14(26(2,24)25)15(13)20(22)23/h3-8,19,21H,9H2,1-2H3. The van der Waals surface area contributed by atoms with Crippen molar-refractivity contribution in [3.05, 3.63) is 63.7 Å². The van der Waals surface area contributed by atoms with E-state index in [4.69, 9.17) is 0 Å². The zero-order valence-corrected chi connectivity index (χ0v) is 14.7. The van der Waals surface area contributed by atoms with E-state index in [-0.39, 0.29) is 17.8 Å². The van der Waals surface area contributed by atoms with E-state index in [1.807, 2.05) is 0 Å². The van der Waals surface area contributed by atoms with Crippen LogP contribution in [-0.4, -0.2) is 31.2 Å². The number of rotatable bonds is 6. The number of nitrogens with one attached hydrogen (secondary N) is 1. The fourth-order valence-corrected chi connectivity index (χ4v) is 3.30. The normalized spacial score (nSPS) is 13.9. The summed E-state index contributed by atoms with van der Waals surface area (Å²) in [7, 11) is -3.86. The maximum Gasteiger partial charge on any atom is 0.310 e. The molecule has 0 aromatic heterocycles. The molecule has 0 heterocycles. The highest BCUT2D eigenvalue weighted by atomic mass is 32.2. The predicted octanol–water partition coefficient (Wildman–Crippen LogP) is 2.60. The molecule has 10 heteroatoms. The van der Waals surface area contributed by atoms with Gasteiger partial charge in [0.15, 0.2) is 9.84 Å². The van der Waals surface area contributed by atoms with E-state index >= 15 is 0 Å². The maximum absolute atomic E-state index is 13.9. The Morgan fingerprint density at radius 3 is 2.46 bits per heavy atom. The van der Waals surface area contributed by atoms with Gasteiger partial charge in [0.2, 0.25) is 0 Å². The number of hydrogen-bond donors (Lipinski definition) is 2. The molecule has 2 aromatic rings. The number of benzene rings is 2. The van der Waals surface area contributed by atoms with Gasteiger partial charge in [0.05, 0.1) is 4.92 Å². The second kappa shape index (κ2) is 6.96. The molecule has 1 unspecified atom stereocenters. The number of nitrogens with zero attached hydrogens (tertiary/aromatic N) is 1. The summed E-state index contributed by atoms with van der Waals surface area (Å²) in [6.07, 6.45) is 0.836. The van der Waals surface area contributed by atoms with Crippen LogP contribution in [0.4, 0.5) is 20.2 Å². The first-order valence-electron chi connectivity index (χ1n) is 7.33. The molecule has 0 radical (unpaired) electrons. The lowest BCUT2D eigenvalue weighted by Gasteiger charge is -2.25. The van der Waals surface area contributed by atoms with E-state index in [1.165, 1.54) is 19.1 Å². The Labute approximate surface area is 148 Å². The van der Waals surface area contributed by atoms with Crippen LogP contribution < -0.4 is 5.32 Å². The Kier molecular flexibility index (Phi) is 5.28. The molecule has 1 atom stereocenters. The summed E-state index contributed by atoms with van der Waals surface area (Å²) in [6.45, 7) is 0.853. The topological polar surface area (TPSA) is 110 Å². The molecular weight excluding hydrogens is 370 g/mol. The minimum absolute atomic E-state index is 0.152. The summed E-state index contributed by atoms with van der Waals surface area (Å²) < 4.78 is 50.4. The molecule has 140 valence electrons. The van der Waals surface area contributed by atoms with E-state index in [9.17, 15) is 32.4 Å². The van der Waals surface area contributed by atoms with Crippen LogP contribution in [0.2, 0.25) is 0 Å². The summed E-state index contributed by atoms with van der Waals surface area (Å²) in [5.74, 6) is -1.79. The van der Waals surface area contributed by atoms with Crippen molar-refractivity contribution in [3.8, 4) is 0 Å². The van der Waals surface area contributed by atoms with Crippen molar-refractivity contribution in [2.45, 2.75) is 17.4 Å². The van der Waals surface area contributed by atoms with Gasteiger partial charge in [-0.2, -0.15) is 0 Å². The average Bonchev–Trinajstić information content (AvgIpc) is 2.51. The molecule has 2 N–H and O–H groups in total. The van der Waals surface area contributed by atoms with Gasteiger partial charge in [0.1, 0.15) is 27.8 Å². The molecule has 0 aliphatic rings. The van der Waals surface area contributed by atoms with Crippen LogP contribution in [-0.2, 0) is 15.4 Å². The number of halogens is 2. The van der Waals surface area contributed by atoms with Crippen LogP contribution in [0.1, 0.15) is 12.5 Å². The van der Waals surface area contributed by atoms with E-state index in [0.29, 0.717) is 6.07 Å². The Morgan fingerprint density at radius 1 is 1.27 bits per heavy atom. The SMILES string of the molecule is CC(O)(CNc1cccc(S(C)(=O)=O)c1[N+](=O)[O-])c1ccc(F)cc1F. The third-order valence-corrected chi connectivity index (χ3v) is 4.84. The second-order valence-electron chi connectivity index (χ2n) is 5.93. The van der Waals surface area contributed by atoms with E-state index < -0.39 is 42.6 Å². The summed E-state index contributed by atoms with van der Waals surface area (Å²) in [5, 5.41) is 24.3. The van der Waals surface area contributed by atoms with Crippen LogP contribution >= 0.6 is 0 Å². The molecule has 0 fully saturated rings. The Morgan fingerprint density at radius 2 is 1.92 bits per heavy atom. The van der Waals surface area contributed by atoms with Crippen molar-refractivity contribution in [1.29, 1.82) is 0 Å². The minimum atomic E-state index is -3.86. The molecule has 2 aromatic carbocycles. The van der Waals surface area contributed by atoms with Crippen molar-refractivity contribution in [1.82, 2.24) is 0 Å². The van der Waals surface area contributed by atoms with Crippen LogP contribution in [0.5, 0.6) is 0 Å². The van der Waals surface area contributed by atoms with Gasteiger partial charge in [-0.25, -0.2) is 17.2 Å². The summed E-state index contributed by atoms with van der Waals surface area (Å²) >= 11 is 0. The third-order valence-electron chi connectivity index (χ3n) is 3.72. The quantitative estimate of drug-likeness (QED) is 0.583. The van der Waals surface area contributed by atoms with Gasteiger partial charge in [0, 0.05) is 24.4 Å². The molecule has 0 amide bonds. The molecular formula is C16H16F2N2O5S. The first-order valence-corrected chi connectivity index (χ1v) is 9.22. The number of anilines is 1. The van der Waals surface area contributed by atoms with Gasteiger partial charge in [-0.05, 0) is 25.1 Å². The van der Waals surface area contributed by atoms with Crippen LogP contribution in [0.15, 0.2) is 41.3 Å². The molecule has 0 aliphatic carbocycles. The van der Waals surface area contributed by atoms with Crippen molar-refractivity contribution in [3.63, 3.8) is 0 Å². The molecule has 2 rings (SSSR count). The average molecular weight is 386 g/mol. The van der Waals surface area contributed by atoms with Gasteiger partial charge in [-0.1, -0.05) is 12.1 Å². The largest absolute Gasteiger partial charge is 0.383 e. The number of nitro groups is 1. The highest BCUT2D eigenvalue weighted by molar-refractivity contribution is 7.90. The summed E-state index contributed by atoms with van der Waals surface area (Å²) in [4.78, 5) is 9.97. The minimum Gasteiger partial charge on any atom is -0.383 e. The van der Waals surface area contributed by atoms with Crippen molar-refractivity contribution in [2.75, 3.05) is 18.1 Å². The molecule has 0 saturated heterocycles.